The molecule has 1 amide bonds. The van der Waals surface area contributed by atoms with Crippen molar-refractivity contribution in [3.63, 3.8) is 0 Å². The Morgan fingerprint density at radius 3 is 2.58 bits per heavy atom. The number of aromatic nitrogens is 1. The molecule has 0 radical (unpaired) electrons. The summed E-state index contributed by atoms with van der Waals surface area (Å²) in [6, 6.07) is 15.8. The van der Waals surface area contributed by atoms with Gasteiger partial charge < -0.3 is 15.2 Å². The molecule has 2 fully saturated rings. The van der Waals surface area contributed by atoms with Crippen LogP contribution in [0.4, 0.5) is 5.69 Å². The second kappa shape index (κ2) is 9.60. The van der Waals surface area contributed by atoms with Crippen molar-refractivity contribution in [1.82, 2.24) is 10.3 Å². The van der Waals surface area contributed by atoms with Crippen LogP contribution < -0.4 is 15.8 Å². The fourth-order valence-electron chi connectivity index (χ4n) is 5.41. The minimum Gasteiger partial charge on any atom is -0.366 e. The van der Waals surface area contributed by atoms with Crippen LogP contribution in [0.5, 0.6) is 0 Å². The standard InChI is InChI=1S/C27H30ClN3O2/c28-20-13-14-23-22(16-20)24(18-8-3-1-4-9-18)25(27(33)30-23)31-15-7-10-19(17-31)26(32)29-21-11-5-2-6-12-21/h1,3-4,8-9,13-14,16,19,21H,2,5-7,10-12,15,17H2,(H,29,32)(H,30,33)/t19-/m0/s1. The Morgan fingerprint density at radius 1 is 1.00 bits per heavy atom. The van der Waals surface area contributed by atoms with Crippen LogP contribution in [-0.4, -0.2) is 30.0 Å². The lowest BCUT2D eigenvalue weighted by Gasteiger charge is -2.35. The van der Waals surface area contributed by atoms with Gasteiger partial charge in [0.25, 0.3) is 5.56 Å². The number of benzene rings is 2. The highest BCUT2D eigenvalue weighted by Crippen LogP contribution is 2.37. The third-order valence-electron chi connectivity index (χ3n) is 7.07. The first-order chi connectivity index (χ1) is 16.1. The summed E-state index contributed by atoms with van der Waals surface area (Å²) in [6.45, 7) is 1.30. The first kappa shape index (κ1) is 22.0. The molecule has 0 bridgehead atoms. The summed E-state index contributed by atoms with van der Waals surface area (Å²) in [7, 11) is 0. The summed E-state index contributed by atoms with van der Waals surface area (Å²) in [5.41, 5.74) is 3.11. The number of carbonyl (C=O) groups excluding carboxylic acids is 1. The highest BCUT2D eigenvalue weighted by Gasteiger charge is 2.30. The summed E-state index contributed by atoms with van der Waals surface area (Å²) < 4.78 is 0. The van der Waals surface area contributed by atoms with Gasteiger partial charge in [-0.2, -0.15) is 0 Å². The van der Waals surface area contributed by atoms with Crippen molar-refractivity contribution in [3.05, 3.63) is 63.9 Å². The predicted octanol–water partition coefficient (Wildman–Crippen LogP) is 5.51. The summed E-state index contributed by atoms with van der Waals surface area (Å²) in [4.78, 5) is 31.6. The molecule has 33 heavy (non-hydrogen) atoms. The first-order valence-corrected chi connectivity index (χ1v) is 12.4. The fourth-order valence-corrected chi connectivity index (χ4v) is 5.59. The summed E-state index contributed by atoms with van der Waals surface area (Å²) in [6.07, 6.45) is 7.53. The monoisotopic (exact) mass is 463 g/mol. The maximum atomic E-state index is 13.4. The molecule has 5 rings (SSSR count). The van der Waals surface area contributed by atoms with Crippen molar-refractivity contribution in [1.29, 1.82) is 0 Å². The van der Waals surface area contributed by atoms with Gasteiger partial charge in [0.1, 0.15) is 5.69 Å². The summed E-state index contributed by atoms with van der Waals surface area (Å²) >= 11 is 6.35. The number of fused-ring (bicyclic) bond motifs is 1. The molecule has 5 nitrogen and oxygen atoms in total. The zero-order chi connectivity index (χ0) is 22.8. The lowest BCUT2D eigenvalue weighted by Crippen LogP contribution is -2.47. The maximum Gasteiger partial charge on any atom is 0.272 e. The second-order valence-electron chi connectivity index (χ2n) is 9.36. The number of amides is 1. The van der Waals surface area contributed by atoms with Crippen molar-refractivity contribution in [2.24, 2.45) is 5.92 Å². The van der Waals surface area contributed by atoms with Crippen LogP contribution in [0, 0.1) is 5.92 Å². The number of hydrogen-bond acceptors (Lipinski definition) is 3. The van der Waals surface area contributed by atoms with Gasteiger partial charge in [-0.1, -0.05) is 61.2 Å². The normalized spacial score (nSPS) is 19.5. The number of pyridine rings is 1. The van der Waals surface area contributed by atoms with Gasteiger partial charge in [0, 0.05) is 40.6 Å². The molecule has 2 aromatic carbocycles. The van der Waals surface area contributed by atoms with E-state index in [1.807, 2.05) is 42.5 Å². The predicted molar refractivity (Wildman–Crippen MR) is 135 cm³/mol. The van der Waals surface area contributed by atoms with E-state index in [4.69, 9.17) is 11.6 Å². The van der Waals surface area contributed by atoms with E-state index >= 15 is 0 Å². The lowest BCUT2D eigenvalue weighted by molar-refractivity contribution is -0.126. The van der Waals surface area contributed by atoms with Gasteiger partial charge in [-0.15, -0.1) is 0 Å². The number of halogens is 1. The molecule has 1 saturated carbocycles. The third kappa shape index (κ3) is 4.65. The average molecular weight is 464 g/mol. The molecule has 2 N–H and O–H groups in total. The number of nitrogens with one attached hydrogen (secondary N) is 2. The Labute approximate surface area is 199 Å². The molecule has 0 spiro atoms. The number of rotatable bonds is 4. The van der Waals surface area contributed by atoms with Gasteiger partial charge in [-0.3, -0.25) is 9.59 Å². The van der Waals surface area contributed by atoms with Crippen molar-refractivity contribution in [2.75, 3.05) is 18.0 Å². The van der Waals surface area contributed by atoms with Crippen LogP contribution in [0.25, 0.3) is 22.0 Å². The van der Waals surface area contributed by atoms with Crippen LogP contribution in [-0.2, 0) is 4.79 Å². The number of nitrogens with zero attached hydrogens (tertiary/aromatic N) is 1. The minimum absolute atomic E-state index is 0.112. The Balaban J connectivity index is 1.51. The molecule has 2 aliphatic rings. The van der Waals surface area contributed by atoms with Crippen LogP contribution >= 0.6 is 11.6 Å². The van der Waals surface area contributed by atoms with Crippen molar-refractivity contribution >= 4 is 34.1 Å². The maximum absolute atomic E-state index is 13.4. The fraction of sp³-hybridized carbons (Fsp3) is 0.407. The zero-order valence-electron chi connectivity index (χ0n) is 18.8. The van der Waals surface area contributed by atoms with E-state index in [0.29, 0.717) is 23.3 Å². The molecule has 2 heterocycles. The van der Waals surface area contributed by atoms with Gasteiger partial charge in [-0.25, -0.2) is 0 Å². The average Bonchev–Trinajstić information content (AvgIpc) is 2.85. The molecule has 1 aliphatic heterocycles. The van der Waals surface area contributed by atoms with Gasteiger partial charge in [-0.05, 0) is 49.4 Å². The molecular weight excluding hydrogens is 434 g/mol. The van der Waals surface area contributed by atoms with Crippen molar-refractivity contribution in [3.8, 4) is 11.1 Å². The molecule has 1 aromatic heterocycles. The zero-order valence-corrected chi connectivity index (χ0v) is 19.5. The van der Waals surface area contributed by atoms with Gasteiger partial charge in [0.05, 0.1) is 5.92 Å². The minimum atomic E-state index is -0.128. The largest absolute Gasteiger partial charge is 0.366 e. The first-order valence-electron chi connectivity index (χ1n) is 12.1. The highest BCUT2D eigenvalue weighted by atomic mass is 35.5. The smallest absolute Gasteiger partial charge is 0.272 e. The van der Waals surface area contributed by atoms with Crippen molar-refractivity contribution in [2.45, 2.75) is 51.0 Å². The van der Waals surface area contributed by atoms with E-state index in [0.717, 1.165) is 54.3 Å². The van der Waals surface area contributed by atoms with Gasteiger partial charge in [0.15, 0.2) is 0 Å². The second-order valence-corrected chi connectivity index (χ2v) is 9.80. The summed E-state index contributed by atoms with van der Waals surface area (Å²) in [5, 5.41) is 4.83. The van der Waals surface area contributed by atoms with E-state index < -0.39 is 0 Å². The lowest BCUT2D eigenvalue weighted by atomic mass is 9.92. The number of hydrogen-bond donors (Lipinski definition) is 2. The number of H-pyrrole nitrogens is 1. The number of anilines is 1. The molecule has 172 valence electrons. The Morgan fingerprint density at radius 2 is 1.79 bits per heavy atom. The van der Waals surface area contributed by atoms with E-state index in [2.05, 4.69) is 15.2 Å². The van der Waals surface area contributed by atoms with Crippen LogP contribution in [0.1, 0.15) is 44.9 Å². The molecule has 6 heteroatoms. The Kier molecular flexibility index (Phi) is 6.41. The quantitative estimate of drug-likeness (QED) is 0.535. The van der Waals surface area contributed by atoms with E-state index in [1.165, 1.54) is 19.3 Å². The molecule has 1 atom stereocenters. The molecule has 1 aliphatic carbocycles. The number of carbonyl (C=O) groups is 1. The molecular formula is C27H30ClN3O2. The van der Waals surface area contributed by atoms with Gasteiger partial charge >= 0.3 is 0 Å². The highest BCUT2D eigenvalue weighted by molar-refractivity contribution is 6.31. The van der Waals surface area contributed by atoms with Crippen LogP contribution in [0.15, 0.2) is 53.3 Å². The van der Waals surface area contributed by atoms with Crippen molar-refractivity contribution < 1.29 is 4.79 Å². The molecule has 3 aromatic rings. The number of piperidine rings is 1. The van der Waals surface area contributed by atoms with E-state index in [-0.39, 0.29) is 17.4 Å². The van der Waals surface area contributed by atoms with E-state index in [1.54, 1.807) is 6.07 Å². The molecule has 0 unspecified atom stereocenters. The topological polar surface area (TPSA) is 65.2 Å². The van der Waals surface area contributed by atoms with Crippen LogP contribution in [0.2, 0.25) is 5.02 Å². The molecule has 1 saturated heterocycles. The number of aromatic amines is 1. The van der Waals surface area contributed by atoms with Crippen LogP contribution in [0.3, 0.4) is 0 Å². The third-order valence-corrected chi connectivity index (χ3v) is 7.31. The van der Waals surface area contributed by atoms with Gasteiger partial charge in [0.2, 0.25) is 5.91 Å². The Hall–Kier alpha value is -2.79. The summed E-state index contributed by atoms with van der Waals surface area (Å²) in [5.74, 6) is 0.0203. The van der Waals surface area contributed by atoms with E-state index in [9.17, 15) is 9.59 Å². The SMILES string of the molecule is O=C(NC1CCCCC1)[C@H]1CCCN(c2c(-c3ccccc3)c3cc(Cl)ccc3[nH]c2=O)C1. The Bertz CT molecular complexity index is 1200.